The van der Waals surface area contributed by atoms with E-state index >= 15 is 4.39 Å². The van der Waals surface area contributed by atoms with Crippen molar-refractivity contribution in [1.82, 2.24) is 4.98 Å². The Hall–Kier alpha value is -3.58. The van der Waals surface area contributed by atoms with Crippen LogP contribution in [-0.2, 0) is 11.8 Å². The van der Waals surface area contributed by atoms with Crippen molar-refractivity contribution in [1.29, 1.82) is 0 Å². The van der Waals surface area contributed by atoms with E-state index in [4.69, 9.17) is 0 Å². The molecule has 5 nitrogen and oxygen atoms in total. The number of hydrogen-bond donors (Lipinski definition) is 1. The highest BCUT2D eigenvalue weighted by molar-refractivity contribution is 14.1. The van der Waals surface area contributed by atoms with Crippen molar-refractivity contribution >= 4 is 45.8 Å². The third-order valence-corrected chi connectivity index (χ3v) is 6.53. The van der Waals surface area contributed by atoms with Crippen LogP contribution in [0.25, 0.3) is 0 Å². The lowest BCUT2D eigenvalue weighted by atomic mass is 9.92. The number of anilines is 2. The van der Waals surface area contributed by atoms with Gasteiger partial charge in [0.1, 0.15) is 0 Å². The maximum Gasteiger partial charge on any atom is 0.435 e. The summed E-state index contributed by atoms with van der Waals surface area (Å²) in [4.78, 5) is 29.3. The molecular weight excluding hydrogens is 717 g/mol. The number of halogens is 13. The molecule has 0 spiro atoms. The first-order valence-electron chi connectivity index (χ1n) is 10.8. The van der Waals surface area contributed by atoms with Crippen LogP contribution in [0, 0.1) is 15.3 Å². The Morgan fingerprint density at radius 3 is 1.98 bits per heavy atom. The quantitative estimate of drug-likeness (QED) is 0.166. The summed E-state index contributed by atoms with van der Waals surface area (Å²) < 4.78 is 162. The van der Waals surface area contributed by atoms with Crippen molar-refractivity contribution in [3.05, 3.63) is 86.3 Å². The fourth-order valence-corrected chi connectivity index (χ4v) is 4.35. The third kappa shape index (κ3) is 6.12. The number of carbonyl (C=O) groups excluding carboxylic acids is 2. The molecule has 0 atom stereocenters. The molecule has 1 heterocycles. The number of benzene rings is 2. The Balaban J connectivity index is 2.07. The van der Waals surface area contributed by atoms with Gasteiger partial charge in [0, 0.05) is 22.4 Å². The molecule has 42 heavy (non-hydrogen) atoms. The smallest absolute Gasteiger partial charge is 0.320 e. The van der Waals surface area contributed by atoms with Crippen LogP contribution in [0.5, 0.6) is 0 Å². The minimum atomic E-state index is -6.72. The van der Waals surface area contributed by atoms with Crippen LogP contribution in [0.4, 0.5) is 64.1 Å². The first-order chi connectivity index (χ1) is 19.1. The lowest BCUT2D eigenvalue weighted by Crippen LogP contribution is -2.50. The van der Waals surface area contributed by atoms with E-state index in [2.05, 4.69) is 4.98 Å². The average Bonchev–Trinajstić information content (AvgIpc) is 2.86. The summed E-state index contributed by atoms with van der Waals surface area (Å²) in [5.41, 5.74) is -14.2. The molecule has 3 aromatic rings. The van der Waals surface area contributed by atoms with E-state index in [-0.39, 0.29) is 11.6 Å². The lowest BCUT2D eigenvalue weighted by Gasteiger charge is -2.31. The second-order valence-electron chi connectivity index (χ2n) is 8.36. The van der Waals surface area contributed by atoms with E-state index in [9.17, 15) is 57.9 Å². The Kier molecular flexibility index (Phi) is 8.82. The first-order valence-corrected chi connectivity index (χ1v) is 11.9. The first kappa shape index (κ1) is 32.9. The molecule has 0 aliphatic carbocycles. The van der Waals surface area contributed by atoms with Gasteiger partial charge < -0.3 is 10.2 Å². The molecule has 0 unspecified atom stereocenters. The van der Waals surface area contributed by atoms with E-state index in [0.29, 0.717) is 4.90 Å². The zero-order chi connectivity index (χ0) is 32.0. The van der Waals surface area contributed by atoms with Crippen molar-refractivity contribution in [2.45, 2.75) is 24.2 Å². The predicted molar refractivity (Wildman–Crippen MR) is 130 cm³/mol. The van der Waals surface area contributed by atoms with E-state index in [1.54, 1.807) is 5.32 Å². The maximum atomic E-state index is 15.3. The van der Waals surface area contributed by atoms with Gasteiger partial charge in [-0.25, -0.2) is 13.8 Å². The molecule has 0 saturated heterocycles. The van der Waals surface area contributed by atoms with Gasteiger partial charge in [-0.3, -0.25) is 9.59 Å². The molecule has 0 aliphatic rings. The SMILES string of the molecule is CN(C(=O)c1ccc(F)nc1)c1cccc(C(=O)Nc2c(I)cc(C(F)(C(F)(F)F)C(F)(F)F)cc2C(F)(F)F)c1F. The lowest BCUT2D eigenvalue weighted by molar-refractivity contribution is -0.348. The molecule has 0 fully saturated rings. The normalized spacial score (nSPS) is 12.7. The fraction of sp³-hybridized carbons (Fsp3) is 0.208. The Morgan fingerprint density at radius 2 is 1.48 bits per heavy atom. The molecule has 2 amide bonds. The summed E-state index contributed by atoms with van der Waals surface area (Å²) in [6.07, 6.45) is -18.4. The summed E-state index contributed by atoms with van der Waals surface area (Å²) >= 11 is 0.849. The van der Waals surface area contributed by atoms with Crippen LogP contribution >= 0.6 is 22.6 Å². The molecule has 1 N–H and O–H groups in total. The number of alkyl halides is 10. The van der Waals surface area contributed by atoms with Gasteiger partial charge in [0.2, 0.25) is 5.95 Å². The van der Waals surface area contributed by atoms with E-state index in [0.717, 1.165) is 66.2 Å². The molecular formula is C24H12F12IN3O2. The Bertz CT molecular complexity index is 1510. The van der Waals surface area contributed by atoms with Gasteiger partial charge in [-0.15, -0.1) is 0 Å². The largest absolute Gasteiger partial charge is 0.435 e. The van der Waals surface area contributed by atoms with Crippen molar-refractivity contribution < 1.29 is 62.3 Å². The number of pyridine rings is 1. The summed E-state index contributed by atoms with van der Waals surface area (Å²) in [5.74, 6) is -5.02. The number of rotatable bonds is 5. The number of aromatic nitrogens is 1. The highest BCUT2D eigenvalue weighted by Crippen LogP contribution is 2.54. The van der Waals surface area contributed by atoms with Gasteiger partial charge in [0.05, 0.1) is 28.1 Å². The van der Waals surface area contributed by atoms with Crippen molar-refractivity contribution in [3.8, 4) is 0 Å². The molecule has 2 aromatic carbocycles. The van der Waals surface area contributed by atoms with E-state index in [1.807, 2.05) is 0 Å². The van der Waals surface area contributed by atoms with Crippen molar-refractivity contribution in [3.63, 3.8) is 0 Å². The van der Waals surface area contributed by atoms with Gasteiger partial charge in [-0.2, -0.15) is 43.9 Å². The van der Waals surface area contributed by atoms with Gasteiger partial charge in [0.15, 0.2) is 5.82 Å². The van der Waals surface area contributed by atoms with Crippen LogP contribution in [0.3, 0.4) is 0 Å². The highest BCUT2D eigenvalue weighted by Gasteiger charge is 2.73. The van der Waals surface area contributed by atoms with Gasteiger partial charge in [0.25, 0.3) is 11.8 Å². The topological polar surface area (TPSA) is 62.3 Å². The van der Waals surface area contributed by atoms with Gasteiger partial charge >= 0.3 is 24.2 Å². The summed E-state index contributed by atoms with van der Waals surface area (Å²) in [6, 6.07) is 3.61. The molecule has 1 aromatic heterocycles. The standard InChI is InChI=1S/C24H12F12IN3O2/c1-40(20(42)10-5-6-16(25)38-9-10)15-4-2-3-12(17(15)26)19(41)39-18-13(22(28,29)30)7-11(8-14(18)37)21(27,23(31,32)33)24(34,35)36/h2-9H,1H3,(H,39,41). The van der Waals surface area contributed by atoms with Gasteiger partial charge in [-0.1, -0.05) is 6.07 Å². The number of nitrogens with zero attached hydrogens (tertiary/aromatic N) is 2. The molecule has 0 aliphatic heterocycles. The van der Waals surface area contributed by atoms with Gasteiger partial charge in [-0.05, 0) is 59.0 Å². The monoisotopic (exact) mass is 729 g/mol. The van der Waals surface area contributed by atoms with Crippen molar-refractivity contribution in [2.24, 2.45) is 0 Å². The fourth-order valence-electron chi connectivity index (χ4n) is 3.58. The summed E-state index contributed by atoms with van der Waals surface area (Å²) in [7, 11) is 1.03. The van der Waals surface area contributed by atoms with Crippen LogP contribution in [0.15, 0.2) is 48.7 Å². The minimum Gasteiger partial charge on any atom is -0.320 e. The van der Waals surface area contributed by atoms with Crippen molar-refractivity contribution in [2.75, 3.05) is 17.3 Å². The van der Waals surface area contributed by atoms with Crippen LogP contribution in [0.2, 0.25) is 0 Å². The Morgan fingerprint density at radius 1 is 0.881 bits per heavy atom. The number of hydrogen-bond acceptors (Lipinski definition) is 3. The zero-order valence-electron chi connectivity index (χ0n) is 20.2. The molecule has 3 rings (SSSR count). The summed E-state index contributed by atoms with van der Waals surface area (Å²) in [6.45, 7) is 0. The third-order valence-electron chi connectivity index (χ3n) is 5.68. The molecule has 0 saturated carbocycles. The van der Waals surface area contributed by atoms with Crippen LogP contribution in [0.1, 0.15) is 31.8 Å². The molecule has 0 bridgehead atoms. The summed E-state index contributed by atoms with van der Waals surface area (Å²) in [5, 5.41) is 1.59. The van der Waals surface area contributed by atoms with E-state index in [1.165, 1.54) is 0 Å². The second-order valence-corrected chi connectivity index (χ2v) is 9.52. The number of amides is 2. The van der Waals surface area contributed by atoms with Crippen LogP contribution in [-0.4, -0.2) is 36.2 Å². The molecule has 226 valence electrons. The average molecular weight is 729 g/mol. The Labute approximate surface area is 240 Å². The molecule has 18 heteroatoms. The van der Waals surface area contributed by atoms with E-state index < -0.39 is 85.5 Å². The zero-order valence-corrected chi connectivity index (χ0v) is 22.4. The maximum absolute atomic E-state index is 15.3. The molecule has 0 radical (unpaired) electrons. The minimum absolute atomic E-state index is 0.192. The second kappa shape index (κ2) is 11.3. The number of carbonyl (C=O) groups is 2. The highest BCUT2D eigenvalue weighted by atomic mass is 127. The number of nitrogens with one attached hydrogen (secondary N) is 1. The van der Waals surface area contributed by atoms with Crippen LogP contribution < -0.4 is 10.2 Å². The predicted octanol–water partition coefficient (Wildman–Crippen LogP) is 7.80.